The maximum Gasteiger partial charge on any atom is 0.263 e. The van der Waals surface area contributed by atoms with E-state index < -0.39 is 16.1 Å². The van der Waals surface area contributed by atoms with Crippen molar-refractivity contribution in [2.75, 3.05) is 19.7 Å². The van der Waals surface area contributed by atoms with Crippen LogP contribution in [-0.2, 0) is 32.6 Å². The van der Waals surface area contributed by atoms with Gasteiger partial charge >= 0.3 is 0 Å². The zero-order chi connectivity index (χ0) is 24.8. The maximum absolute atomic E-state index is 13.1. The van der Waals surface area contributed by atoms with Crippen LogP contribution in [0.5, 0.6) is 0 Å². The van der Waals surface area contributed by atoms with E-state index >= 15 is 0 Å². The van der Waals surface area contributed by atoms with Gasteiger partial charge < -0.3 is 10.1 Å². The van der Waals surface area contributed by atoms with E-state index in [1.54, 1.807) is 24.3 Å². The van der Waals surface area contributed by atoms with Gasteiger partial charge in [0.15, 0.2) is 0 Å². The molecule has 2 aliphatic heterocycles. The lowest BCUT2D eigenvalue weighted by Crippen LogP contribution is -2.40. The summed E-state index contributed by atoms with van der Waals surface area (Å²) in [5.41, 5.74) is 2.73. The third-order valence-electron chi connectivity index (χ3n) is 6.27. The molecule has 8 nitrogen and oxygen atoms in total. The zero-order valence-electron chi connectivity index (χ0n) is 20.4. The van der Waals surface area contributed by atoms with Gasteiger partial charge in [0.25, 0.3) is 10.0 Å². The molecule has 0 spiro atoms. The molecule has 2 aliphatic rings. The van der Waals surface area contributed by atoms with Crippen LogP contribution in [0.3, 0.4) is 0 Å². The largest absolute Gasteiger partial charge is 0.376 e. The number of hydrogen-bond donors (Lipinski definition) is 2. The molecule has 2 unspecified atom stereocenters. The predicted octanol–water partition coefficient (Wildman–Crippen LogP) is 2.82. The first kappa shape index (κ1) is 25.3. The predicted molar refractivity (Wildman–Crippen MR) is 136 cm³/mol. The second-order valence-electron chi connectivity index (χ2n) is 9.19. The number of ether oxygens (including phenoxy) is 1. The fraction of sp³-hybridized carbons (Fsp3) is 0.462. The molecule has 9 heteroatoms. The topological polar surface area (TPSA) is 100 Å². The van der Waals surface area contributed by atoms with Crippen LogP contribution in [0.25, 0.3) is 0 Å². The Kier molecular flexibility index (Phi) is 8.20. The number of rotatable bonds is 9. The van der Waals surface area contributed by atoms with E-state index in [-0.39, 0.29) is 22.7 Å². The molecule has 188 valence electrons. The van der Waals surface area contributed by atoms with Gasteiger partial charge in [-0.15, -0.1) is 0 Å². The summed E-state index contributed by atoms with van der Waals surface area (Å²) in [4.78, 5) is 20.2. The van der Waals surface area contributed by atoms with Crippen LogP contribution in [0, 0.1) is 0 Å². The van der Waals surface area contributed by atoms with E-state index in [0.717, 1.165) is 44.6 Å². The first-order chi connectivity index (χ1) is 16.9. The molecule has 35 heavy (non-hydrogen) atoms. The third-order valence-corrected chi connectivity index (χ3v) is 7.67. The van der Waals surface area contributed by atoms with Crippen molar-refractivity contribution in [1.29, 1.82) is 0 Å². The Labute approximate surface area is 207 Å². The molecular formula is C26H34N4O4S. The summed E-state index contributed by atoms with van der Waals surface area (Å²) in [6, 6.07) is 14.3. The number of amidine groups is 1. The van der Waals surface area contributed by atoms with Crippen LogP contribution >= 0.6 is 0 Å². The number of amides is 1. The molecule has 0 aromatic heterocycles. The van der Waals surface area contributed by atoms with Gasteiger partial charge in [-0.05, 0) is 36.6 Å². The average Bonchev–Trinajstić information content (AvgIpc) is 3.10. The molecule has 4 rings (SSSR count). The second-order valence-corrected chi connectivity index (χ2v) is 10.8. The number of benzene rings is 2. The van der Waals surface area contributed by atoms with Crippen molar-refractivity contribution in [3.8, 4) is 0 Å². The SMILES string of the molecule is CCCCC(N=C1NS(=O)(=O)c2ccccc21)C(=O)NCc1cccc(CN2CCOC(C)C2)c1. The van der Waals surface area contributed by atoms with Gasteiger partial charge in [0.1, 0.15) is 11.9 Å². The molecule has 2 aromatic carbocycles. The van der Waals surface area contributed by atoms with Crippen molar-refractivity contribution < 1.29 is 17.9 Å². The summed E-state index contributed by atoms with van der Waals surface area (Å²) in [6.45, 7) is 7.95. The summed E-state index contributed by atoms with van der Waals surface area (Å²) < 4.78 is 33.0. The minimum Gasteiger partial charge on any atom is -0.376 e. The van der Waals surface area contributed by atoms with Gasteiger partial charge in [-0.3, -0.25) is 19.4 Å². The van der Waals surface area contributed by atoms with Crippen LogP contribution in [0.2, 0.25) is 0 Å². The lowest BCUT2D eigenvalue weighted by Gasteiger charge is -2.31. The number of hydrogen-bond acceptors (Lipinski definition) is 6. The zero-order valence-corrected chi connectivity index (χ0v) is 21.2. The Morgan fingerprint density at radius 1 is 1.23 bits per heavy atom. The molecular weight excluding hydrogens is 464 g/mol. The fourth-order valence-corrected chi connectivity index (χ4v) is 5.71. The maximum atomic E-state index is 13.1. The molecule has 2 aromatic rings. The van der Waals surface area contributed by atoms with Gasteiger partial charge in [-0.2, -0.15) is 0 Å². The number of sulfonamides is 1. The molecule has 1 amide bonds. The molecule has 2 N–H and O–H groups in total. The molecule has 0 radical (unpaired) electrons. The lowest BCUT2D eigenvalue weighted by atomic mass is 10.1. The lowest BCUT2D eigenvalue weighted by molar-refractivity contribution is -0.122. The fourth-order valence-electron chi connectivity index (χ4n) is 4.47. The quantitative estimate of drug-likeness (QED) is 0.554. The van der Waals surface area contributed by atoms with E-state index in [9.17, 15) is 13.2 Å². The first-order valence-electron chi connectivity index (χ1n) is 12.2. The van der Waals surface area contributed by atoms with Crippen molar-refractivity contribution in [3.63, 3.8) is 0 Å². The smallest absolute Gasteiger partial charge is 0.263 e. The molecule has 0 saturated carbocycles. The highest BCUT2D eigenvalue weighted by Crippen LogP contribution is 2.23. The van der Waals surface area contributed by atoms with Crippen LogP contribution < -0.4 is 10.0 Å². The van der Waals surface area contributed by atoms with Crippen LogP contribution in [0.4, 0.5) is 0 Å². The van der Waals surface area contributed by atoms with Crippen molar-refractivity contribution >= 4 is 21.8 Å². The monoisotopic (exact) mass is 498 g/mol. The summed E-state index contributed by atoms with van der Waals surface area (Å²) >= 11 is 0. The van der Waals surface area contributed by atoms with Gasteiger partial charge in [0, 0.05) is 31.7 Å². The number of nitrogens with zero attached hydrogens (tertiary/aromatic N) is 2. The van der Waals surface area contributed by atoms with Gasteiger partial charge in [-0.25, -0.2) is 8.42 Å². The van der Waals surface area contributed by atoms with Crippen molar-refractivity contribution in [1.82, 2.24) is 14.9 Å². The molecule has 0 aliphatic carbocycles. The van der Waals surface area contributed by atoms with E-state index in [2.05, 4.69) is 45.9 Å². The summed E-state index contributed by atoms with van der Waals surface area (Å²) in [5.74, 6) is 0.0283. The Morgan fingerprint density at radius 3 is 2.83 bits per heavy atom. The Morgan fingerprint density at radius 2 is 2.03 bits per heavy atom. The van der Waals surface area contributed by atoms with Gasteiger partial charge in [-0.1, -0.05) is 56.2 Å². The number of carbonyl (C=O) groups is 1. The van der Waals surface area contributed by atoms with E-state index in [4.69, 9.17) is 4.74 Å². The Hall–Kier alpha value is -2.75. The molecule has 1 saturated heterocycles. The highest BCUT2D eigenvalue weighted by molar-refractivity contribution is 7.90. The second kappa shape index (κ2) is 11.3. The molecule has 0 bridgehead atoms. The highest BCUT2D eigenvalue weighted by Gasteiger charge is 2.31. The molecule has 2 atom stereocenters. The number of aliphatic imine (C=N–C) groups is 1. The van der Waals surface area contributed by atoms with E-state index in [1.807, 2.05) is 12.1 Å². The highest BCUT2D eigenvalue weighted by atomic mass is 32.2. The number of morpholine rings is 1. The number of unbranched alkanes of at least 4 members (excludes halogenated alkanes) is 1. The third kappa shape index (κ3) is 6.48. The first-order valence-corrected chi connectivity index (χ1v) is 13.7. The minimum atomic E-state index is -3.65. The number of fused-ring (bicyclic) bond motifs is 1. The molecule has 1 fully saturated rings. The minimum absolute atomic E-state index is 0.194. The summed E-state index contributed by atoms with van der Waals surface area (Å²) in [5, 5.41) is 3.01. The normalized spacial score (nSPS) is 21.3. The number of nitrogens with one attached hydrogen (secondary N) is 2. The van der Waals surface area contributed by atoms with Crippen LogP contribution in [-0.4, -0.2) is 56.9 Å². The van der Waals surface area contributed by atoms with Crippen LogP contribution in [0.1, 0.15) is 49.8 Å². The molecule has 2 heterocycles. The summed E-state index contributed by atoms with van der Waals surface area (Å²) in [7, 11) is -3.65. The van der Waals surface area contributed by atoms with Gasteiger partial charge in [0.2, 0.25) is 5.91 Å². The van der Waals surface area contributed by atoms with Crippen molar-refractivity contribution in [2.45, 2.75) is 63.2 Å². The van der Waals surface area contributed by atoms with Crippen LogP contribution in [0.15, 0.2) is 58.4 Å². The standard InChI is InChI=1S/C26H34N4O4S/c1-3-4-11-23(28-25-22-10-5-6-12-24(22)35(32,33)29-25)26(31)27-16-20-8-7-9-21(15-20)18-30-13-14-34-19(2)17-30/h5-10,12,15,19,23H,3-4,11,13-14,16-18H2,1-2H3,(H,27,31)(H,28,29). The Bertz CT molecular complexity index is 1180. The Balaban J connectivity index is 1.43. The van der Waals surface area contributed by atoms with E-state index in [0.29, 0.717) is 18.5 Å². The van der Waals surface area contributed by atoms with Gasteiger partial charge in [0.05, 0.1) is 17.6 Å². The van der Waals surface area contributed by atoms with Crippen molar-refractivity contribution in [3.05, 3.63) is 65.2 Å². The average molecular weight is 499 g/mol. The van der Waals surface area contributed by atoms with Crippen molar-refractivity contribution in [2.24, 2.45) is 4.99 Å². The number of carbonyl (C=O) groups excluding carboxylic acids is 1. The van der Waals surface area contributed by atoms with E-state index in [1.165, 1.54) is 5.56 Å². The summed E-state index contributed by atoms with van der Waals surface area (Å²) in [6.07, 6.45) is 2.52.